The Morgan fingerprint density at radius 1 is 1.38 bits per heavy atom. The highest BCUT2D eigenvalue weighted by Crippen LogP contribution is 2.11. The second-order valence-corrected chi connectivity index (χ2v) is 4.01. The average Bonchev–Trinajstić information content (AvgIpc) is 2.17. The van der Waals surface area contributed by atoms with Gasteiger partial charge in [0.25, 0.3) is 0 Å². The average molecular weight is 210 g/mol. The molecule has 13 heavy (non-hydrogen) atoms. The summed E-state index contributed by atoms with van der Waals surface area (Å²) in [6.07, 6.45) is 0. The molecule has 1 rings (SSSR count). The molecule has 0 fully saturated rings. The molecule has 0 aliphatic carbocycles. The predicted octanol–water partition coefficient (Wildman–Crippen LogP) is 2.76. The van der Waals surface area contributed by atoms with Crippen molar-refractivity contribution in [1.82, 2.24) is 0 Å². The maximum absolute atomic E-state index is 11.6. The van der Waals surface area contributed by atoms with E-state index in [-0.39, 0.29) is 11.7 Å². The molecule has 3 heteroatoms. The van der Waals surface area contributed by atoms with Gasteiger partial charge < -0.3 is 0 Å². The second kappa shape index (κ2) is 4.53. The van der Waals surface area contributed by atoms with Crippen LogP contribution in [0.2, 0.25) is 0 Å². The van der Waals surface area contributed by atoms with E-state index in [1.165, 1.54) is 0 Å². The molecule has 1 nitrogen and oxygen atoms in total. The largest absolute Gasteiger partial charge is 0.293 e. The molecule has 1 unspecified atom stereocenters. The number of hydrogen-bond donors (Lipinski definition) is 1. The lowest BCUT2D eigenvalue weighted by atomic mass is 10.0. The SMILES string of the molecule is CC(C(=O)c1ccccc1)C(=S)S. The van der Waals surface area contributed by atoms with Gasteiger partial charge in [0, 0.05) is 5.56 Å². The van der Waals surface area contributed by atoms with Crippen LogP contribution in [0.4, 0.5) is 0 Å². The van der Waals surface area contributed by atoms with E-state index in [9.17, 15) is 4.79 Å². The standard InChI is InChI=1S/C10H10OS2/c1-7(10(12)13)9(11)8-5-3-2-4-6-8/h2-7H,1H3,(H,12,13). The Balaban J connectivity index is 2.86. The summed E-state index contributed by atoms with van der Waals surface area (Å²) in [5.41, 5.74) is 0.686. The van der Waals surface area contributed by atoms with E-state index in [0.717, 1.165) is 0 Å². The number of thiocarbonyl (C=S) groups is 1. The number of ketones is 1. The maximum Gasteiger partial charge on any atom is 0.171 e. The molecular formula is C10H10OS2. The zero-order valence-corrected chi connectivity index (χ0v) is 8.94. The van der Waals surface area contributed by atoms with Crippen LogP contribution < -0.4 is 0 Å². The molecule has 0 spiro atoms. The highest BCUT2D eigenvalue weighted by molar-refractivity contribution is 8.11. The monoisotopic (exact) mass is 210 g/mol. The summed E-state index contributed by atoms with van der Waals surface area (Å²) in [6, 6.07) is 9.11. The van der Waals surface area contributed by atoms with Crippen LogP contribution in [0.1, 0.15) is 17.3 Å². The third-order valence-corrected chi connectivity index (χ3v) is 2.56. The topological polar surface area (TPSA) is 17.1 Å². The highest BCUT2D eigenvalue weighted by atomic mass is 32.1. The van der Waals surface area contributed by atoms with Crippen molar-refractivity contribution in [3.8, 4) is 0 Å². The fourth-order valence-corrected chi connectivity index (χ4v) is 1.19. The zero-order chi connectivity index (χ0) is 9.84. The molecular weight excluding hydrogens is 200 g/mol. The summed E-state index contributed by atoms with van der Waals surface area (Å²) in [7, 11) is 0. The molecule has 0 aliphatic rings. The first-order valence-corrected chi connectivity index (χ1v) is 4.80. The van der Waals surface area contributed by atoms with Gasteiger partial charge in [-0.25, -0.2) is 0 Å². The normalized spacial score (nSPS) is 12.2. The molecule has 1 aromatic carbocycles. The number of benzene rings is 1. The Labute approximate surface area is 88.6 Å². The van der Waals surface area contributed by atoms with Gasteiger partial charge in [-0.1, -0.05) is 42.5 Å². The van der Waals surface area contributed by atoms with Gasteiger partial charge in [0.15, 0.2) is 5.78 Å². The third-order valence-electron chi connectivity index (χ3n) is 1.82. The van der Waals surface area contributed by atoms with Crippen molar-refractivity contribution in [3.05, 3.63) is 35.9 Å². The van der Waals surface area contributed by atoms with Crippen LogP contribution in [-0.4, -0.2) is 9.98 Å². The minimum Gasteiger partial charge on any atom is -0.293 e. The van der Waals surface area contributed by atoms with E-state index in [2.05, 4.69) is 12.6 Å². The highest BCUT2D eigenvalue weighted by Gasteiger charge is 2.16. The Morgan fingerprint density at radius 2 is 1.92 bits per heavy atom. The van der Waals surface area contributed by atoms with Crippen molar-refractivity contribution in [2.45, 2.75) is 6.92 Å². The first kappa shape index (κ1) is 10.4. The van der Waals surface area contributed by atoms with E-state index >= 15 is 0 Å². The lowest BCUT2D eigenvalue weighted by Crippen LogP contribution is -2.15. The molecule has 0 N–H and O–H groups in total. The summed E-state index contributed by atoms with van der Waals surface area (Å²) >= 11 is 8.83. The lowest BCUT2D eigenvalue weighted by Gasteiger charge is -2.06. The van der Waals surface area contributed by atoms with Crippen LogP contribution in [-0.2, 0) is 0 Å². The third kappa shape index (κ3) is 2.64. The number of carbonyl (C=O) groups excluding carboxylic acids is 1. The molecule has 0 amide bonds. The fourth-order valence-electron chi connectivity index (χ4n) is 0.965. The van der Waals surface area contributed by atoms with Crippen molar-refractivity contribution in [2.75, 3.05) is 0 Å². The molecule has 0 saturated heterocycles. The molecule has 68 valence electrons. The maximum atomic E-state index is 11.6. The van der Waals surface area contributed by atoms with Crippen molar-refractivity contribution < 1.29 is 4.79 Å². The van der Waals surface area contributed by atoms with Crippen LogP contribution in [0.25, 0.3) is 0 Å². The Hall–Kier alpha value is -0.670. The number of thiol groups is 1. The molecule has 0 bridgehead atoms. The summed E-state index contributed by atoms with van der Waals surface area (Å²) in [4.78, 5) is 11.6. The first-order valence-electron chi connectivity index (χ1n) is 3.95. The number of carbonyl (C=O) groups is 1. The van der Waals surface area contributed by atoms with Crippen molar-refractivity contribution in [3.63, 3.8) is 0 Å². The van der Waals surface area contributed by atoms with Gasteiger partial charge in [0.05, 0.1) is 10.1 Å². The van der Waals surface area contributed by atoms with Gasteiger partial charge >= 0.3 is 0 Å². The zero-order valence-electron chi connectivity index (χ0n) is 7.23. The molecule has 0 aliphatic heterocycles. The molecule has 0 radical (unpaired) electrons. The van der Waals surface area contributed by atoms with Crippen molar-refractivity contribution in [2.24, 2.45) is 5.92 Å². The van der Waals surface area contributed by atoms with Crippen LogP contribution >= 0.6 is 24.8 Å². The quantitative estimate of drug-likeness (QED) is 0.469. The van der Waals surface area contributed by atoms with E-state index in [1.807, 2.05) is 18.2 Å². The van der Waals surface area contributed by atoms with E-state index in [4.69, 9.17) is 12.2 Å². The number of Topliss-reactive ketones (excluding diaryl/α,β-unsaturated/α-hetero) is 1. The van der Waals surface area contributed by atoms with Crippen LogP contribution in [0.3, 0.4) is 0 Å². The van der Waals surface area contributed by atoms with Gasteiger partial charge in [-0.05, 0) is 6.92 Å². The van der Waals surface area contributed by atoms with Gasteiger partial charge in [0.2, 0.25) is 0 Å². The van der Waals surface area contributed by atoms with E-state index < -0.39 is 0 Å². The predicted molar refractivity (Wildman–Crippen MR) is 61.5 cm³/mol. The molecule has 0 aromatic heterocycles. The summed E-state index contributed by atoms with van der Waals surface area (Å²) < 4.78 is 0.439. The summed E-state index contributed by atoms with van der Waals surface area (Å²) in [5.74, 6) is -0.263. The smallest absolute Gasteiger partial charge is 0.171 e. The van der Waals surface area contributed by atoms with Gasteiger partial charge in [-0.15, -0.1) is 12.6 Å². The Morgan fingerprint density at radius 3 is 2.38 bits per heavy atom. The first-order chi connectivity index (χ1) is 6.13. The minimum atomic E-state index is -0.291. The van der Waals surface area contributed by atoms with Gasteiger partial charge in [0.1, 0.15) is 0 Å². The van der Waals surface area contributed by atoms with Crippen molar-refractivity contribution >= 4 is 34.8 Å². The van der Waals surface area contributed by atoms with Crippen LogP contribution in [0.5, 0.6) is 0 Å². The fraction of sp³-hybridized carbons (Fsp3) is 0.200. The number of rotatable bonds is 3. The number of hydrogen-bond acceptors (Lipinski definition) is 2. The van der Waals surface area contributed by atoms with E-state index in [0.29, 0.717) is 9.76 Å². The van der Waals surface area contributed by atoms with Gasteiger partial charge in [-0.2, -0.15) is 0 Å². The minimum absolute atomic E-state index is 0.0283. The lowest BCUT2D eigenvalue weighted by molar-refractivity contribution is 0.0963. The molecule has 1 atom stereocenters. The molecule has 0 saturated carbocycles. The Kier molecular flexibility index (Phi) is 3.63. The Bertz CT molecular complexity index is 319. The van der Waals surface area contributed by atoms with Crippen LogP contribution in [0.15, 0.2) is 30.3 Å². The van der Waals surface area contributed by atoms with Crippen LogP contribution in [0, 0.1) is 5.92 Å². The van der Waals surface area contributed by atoms with Crippen molar-refractivity contribution in [1.29, 1.82) is 0 Å². The van der Waals surface area contributed by atoms with Gasteiger partial charge in [-0.3, -0.25) is 4.79 Å². The second-order valence-electron chi connectivity index (χ2n) is 2.79. The summed E-state index contributed by atoms with van der Waals surface area (Å²) in [5, 5.41) is 0. The van der Waals surface area contributed by atoms with E-state index in [1.54, 1.807) is 19.1 Å². The summed E-state index contributed by atoms with van der Waals surface area (Å²) in [6.45, 7) is 1.77. The molecule has 0 heterocycles. The molecule has 1 aromatic rings.